The van der Waals surface area contributed by atoms with Crippen molar-refractivity contribution in [2.24, 2.45) is 5.92 Å². The fourth-order valence-corrected chi connectivity index (χ4v) is 2.27. The van der Waals surface area contributed by atoms with Crippen LogP contribution < -0.4 is 0 Å². The molecule has 0 amide bonds. The first kappa shape index (κ1) is 18.6. The first-order valence-electron chi connectivity index (χ1n) is 6.38. The number of hydrogen-bond donors (Lipinski definition) is 0. The smallest absolute Gasteiger partial charge is 0.288 e. The van der Waals surface area contributed by atoms with Crippen LogP contribution in [0.25, 0.3) is 0 Å². The van der Waals surface area contributed by atoms with E-state index in [1.165, 1.54) is 6.92 Å². The van der Waals surface area contributed by atoms with Crippen LogP contribution in [0.3, 0.4) is 0 Å². The number of hydrogen-bond acceptors (Lipinski definition) is 3. The summed E-state index contributed by atoms with van der Waals surface area (Å²) in [5.41, 5.74) is -3.45. The Bertz CT molecular complexity index is 596. The number of ketones is 1. The zero-order chi connectivity index (χ0) is 17.2. The molecule has 0 spiro atoms. The third-order valence-electron chi connectivity index (χ3n) is 3.05. The van der Waals surface area contributed by atoms with Gasteiger partial charge < -0.3 is 0 Å². The maximum Gasteiger partial charge on any atom is 0.434 e. The van der Waals surface area contributed by atoms with Crippen molar-refractivity contribution in [1.82, 2.24) is 4.98 Å². The van der Waals surface area contributed by atoms with Gasteiger partial charge in [0.2, 0.25) is 0 Å². The molecule has 0 aromatic carbocycles. The molecular weight excluding hydrogens is 325 g/mol. The number of halogens is 5. The number of thiocarbonyl (C=S) groups is 1. The third kappa shape index (κ3) is 3.85. The van der Waals surface area contributed by atoms with Gasteiger partial charge in [0.15, 0.2) is 11.5 Å². The van der Waals surface area contributed by atoms with Gasteiger partial charge >= 0.3 is 6.18 Å². The molecule has 0 unspecified atom stereocenters. The van der Waals surface area contributed by atoms with E-state index in [2.05, 4.69) is 17.2 Å². The quantitative estimate of drug-likeness (QED) is 0.441. The van der Waals surface area contributed by atoms with Crippen molar-refractivity contribution in [3.63, 3.8) is 0 Å². The Morgan fingerprint density at radius 3 is 2.23 bits per heavy atom. The summed E-state index contributed by atoms with van der Waals surface area (Å²) in [5, 5.41) is 0.567. The van der Waals surface area contributed by atoms with Crippen LogP contribution in [0.4, 0.5) is 22.0 Å². The summed E-state index contributed by atoms with van der Waals surface area (Å²) in [7, 11) is 0. The maximum atomic E-state index is 13.1. The molecule has 0 bridgehead atoms. The van der Waals surface area contributed by atoms with Crippen LogP contribution in [0.2, 0.25) is 0 Å². The normalized spacial score (nSPS) is 12.1. The number of carbonyl (C=O) groups excluding carboxylic acids is 1. The molecule has 122 valence electrons. The number of carbonyl (C=O) groups is 1. The first-order valence-corrected chi connectivity index (χ1v) is 6.86. The van der Waals surface area contributed by atoms with Crippen LogP contribution in [-0.2, 0) is 12.6 Å². The van der Waals surface area contributed by atoms with Crippen molar-refractivity contribution in [2.45, 2.75) is 39.8 Å². The van der Waals surface area contributed by atoms with E-state index in [4.69, 9.17) is 0 Å². The maximum absolute atomic E-state index is 13.1. The highest BCUT2D eigenvalue weighted by molar-refractivity contribution is 7.80. The van der Waals surface area contributed by atoms with Crippen LogP contribution in [0, 0.1) is 12.8 Å². The van der Waals surface area contributed by atoms with Gasteiger partial charge in [0.25, 0.3) is 6.43 Å². The van der Waals surface area contributed by atoms with Gasteiger partial charge in [-0.05, 0) is 30.4 Å². The Balaban J connectivity index is 3.85. The van der Waals surface area contributed by atoms with Crippen molar-refractivity contribution in [3.05, 3.63) is 28.1 Å². The lowest BCUT2D eigenvalue weighted by Crippen LogP contribution is -2.22. The molecule has 0 saturated carbocycles. The van der Waals surface area contributed by atoms with E-state index in [0.29, 0.717) is 5.37 Å². The first-order chi connectivity index (χ1) is 10.0. The van der Waals surface area contributed by atoms with E-state index in [-0.39, 0.29) is 23.5 Å². The summed E-state index contributed by atoms with van der Waals surface area (Å²) < 4.78 is 65.4. The lowest BCUT2D eigenvalue weighted by Gasteiger charge is -2.20. The van der Waals surface area contributed by atoms with Crippen molar-refractivity contribution in [3.8, 4) is 0 Å². The number of nitrogens with zero attached hydrogens (tertiary/aromatic N) is 1. The Hall–Kier alpha value is -1.44. The average molecular weight is 339 g/mol. The SMILES string of the molecule is Cc1c(C(F)F)nc(C(F)(F)F)c(C(=O)C=S)c1CC(C)C. The standard InChI is InChI=1S/C14H14F5NOS/c1-6(2)4-8-7(3)11(13(15)16)20-12(14(17,18)19)10(8)9(21)5-22/h5-6,13H,4H2,1-3H3. The second kappa shape index (κ2) is 6.76. The van der Waals surface area contributed by atoms with E-state index in [1.54, 1.807) is 13.8 Å². The van der Waals surface area contributed by atoms with Gasteiger partial charge in [0.05, 0.1) is 5.56 Å². The number of rotatable bonds is 5. The Labute approximate surface area is 129 Å². The molecule has 1 heterocycles. The van der Waals surface area contributed by atoms with Crippen molar-refractivity contribution in [1.29, 1.82) is 0 Å². The van der Waals surface area contributed by atoms with E-state index in [1.807, 2.05) is 0 Å². The topological polar surface area (TPSA) is 30.0 Å². The molecule has 0 radical (unpaired) electrons. The summed E-state index contributed by atoms with van der Waals surface area (Å²) in [4.78, 5) is 14.8. The zero-order valence-electron chi connectivity index (χ0n) is 12.1. The Kier molecular flexibility index (Phi) is 5.72. The van der Waals surface area contributed by atoms with Gasteiger partial charge in [-0.25, -0.2) is 13.8 Å². The number of aromatic nitrogens is 1. The summed E-state index contributed by atoms with van der Waals surface area (Å²) in [5.74, 6) is -1.18. The fourth-order valence-electron chi connectivity index (χ4n) is 2.15. The molecule has 2 nitrogen and oxygen atoms in total. The van der Waals surface area contributed by atoms with Gasteiger partial charge in [-0.15, -0.1) is 0 Å². The minimum Gasteiger partial charge on any atom is -0.288 e. The molecule has 1 aromatic rings. The summed E-state index contributed by atoms with van der Waals surface area (Å²) >= 11 is 4.42. The summed E-state index contributed by atoms with van der Waals surface area (Å²) in [6.45, 7) is 4.66. The van der Waals surface area contributed by atoms with Crippen LogP contribution in [0.5, 0.6) is 0 Å². The predicted octanol–water partition coefficient (Wildman–Crippen LogP) is 4.73. The molecule has 0 fully saturated rings. The Morgan fingerprint density at radius 1 is 1.32 bits per heavy atom. The average Bonchev–Trinajstić information content (AvgIpc) is 2.37. The van der Waals surface area contributed by atoms with Crippen molar-refractivity contribution >= 4 is 23.4 Å². The van der Waals surface area contributed by atoms with Gasteiger partial charge in [-0.2, -0.15) is 13.2 Å². The minimum absolute atomic E-state index is 0.0431. The van der Waals surface area contributed by atoms with Gasteiger partial charge in [-0.1, -0.05) is 26.1 Å². The Morgan fingerprint density at radius 2 is 1.86 bits per heavy atom. The zero-order valence-corrected chi connectivity index (χ0v) is 12.9. The molecule has 1 aromatic heterocycles. The van der Waals surface area contributed by atoms with E-state index < -0.39 is 35.3 Å². The van der Waals surface area contributed by atoms with Gasteiger partial charge in [0.1, 0.15) is 5.69 Å². The highest BCUT2D eigenvalue weighted by atomic mass is 32.1. The third-order valence-corrected chi connectivity index (χ3v) is 3.26. The van der Waals surface area contributed by atoms with Crippen molar-refractivity contribution < 1.29 is 26.7 Å². The van der Waals surface area contributed by atoms with E-state index >= 15 is 0 Å². The molecule has 0 N–H and O–H groups in total. The minimum atomic E-state index is -5.02. The molecule has 0 aliphatic heterocycles. The van der Waals surface area contributed by atoms with E-state index in [9.17, 15) is 26.7 Å². The molecule has 8 heteroatoms. The van der Waals surface area contributed by atoms with Crippen LogP contribution in [-0.4, -0.2) is 16.1 Å². The second-order valence-corrected chi connectivity index (χ2v) is 5.44. The van der Waals surface area contributed by atoms with E-state index in [0.717, 1.165) is 0 Å². The molecule has 0 saturated heterocycles. The summed E-state index contributed by atoms with van der Waals surface area (Å²) in [6.07, 6.45) is -8.14. The molecule has 0 aliphatic rings. The van der Waals surface area contributed by atoms with Crippen LogP contribution in [0.1, 0.15) is 53.1 Å². The lowest BCUT2D eigenvalue weighted by molar-refractivity contribution is -0.141. The fraction of sp³-hybridized carbons (Fsp3) is 0.500. The van der Waals surface area contributed by atoms with Gasteiger partial charge in [-0.3, -0.25) is 4.79 Å². The number of Topliss-reactive ketones (excluding diaryl/α,β-unsaturated/α-hetero) is 1. The molecule has 0 aliphatic carbocycles. The molecule has 1 rings (SSSR count). The monoisotopic (exact) mass is 339 g/mol. The predicted molar refractivity (Wildman–Crippen MR) is 75.5 cm³/mol. The molecule has 0 atom stereocenters. The van der Waals surface area contributed by atoms with Crippen molar-refractivity contribution in [2.75, 3.05) is 0 Å². The lowest BCUT2D eigenvalue weighted by atomic mass is 9.90. The van der Waals surface area contributed by atoms with Gasteiger partial charge in [0, 0.05) is 5.37 Å². The second-order valence-electron chi connectivity index (χ2n) is 5.20. The highest BCUT2D eigenvalue weighted by Gasteiger charge is 2.40. The largest absolute Gasteiger partial charge is 0.434 e. The molecule has 22 heavy (non-hydrogen) atoms. The number of alkyl halides is 5. The van der Waals surface area contributed by atoms with Crippen LogP contribution in [0.15, 0.2) is 0 Å². The van der Waals surface area contributed by atoms with Crippen LogP contribution >= 0.6 is 12.2 Å². The highest BCUT2D eigenvalue weighted by Crippen LogP contribution is 2.37. The number of pyridine rings is 1. The summed E-state index contributed by atoms with van der Waals surface area (Å²) in [6, 6.07) is 0. The molecular formula is C14H14F5NOS.